The quantitative estimate of drug-likeness (QED) is 0.898. The van der Waals surface area contributed by atoms with E-state index in [1.54, 1.807) is 17.2 Å². The molecule has 1 saturated carbocycles. The lowest BCUT2D eigenvalue weighted by Crippen LogP contribution is -2.25. The molecule has 2 fully saturated rings. The van der Waals surface area contributed by atoms with Gasteiger partial charge in [0.1, 0.15) is 17.5 Å². The Kier molecular flexibility index (Phi) is 3.14. The molecule has 2 amide bonds. The highest BCUT2D eigenvalue weighted by Crippen LogP contribution is 2.31. The first-order valence-corrected chi connectivity index (χ1v) is 7.79. The zero-order chi connectivity index (χ0) is 16.0. The monoisotopic (exact) mass is 311 g/mol. The fourth-order valence-corrected chi connectivity index (χ4v) is 2.83. The van der Waals surface area contributed by atoms with Crippen LogP contribution in [0.15, 0.2) is 18.3 Å². The smallest absolute Gasteiger partial charge is 0.228 e. The third-order valence-electron chi connectivity index (χ3n) is 4.28. The maximum absolute atomic E-state index is 11.9. The first-order valence-electron chi connectivity index (χ1n) is 7.79. The number of rotatable bonds is 3. The normalized spacial score (nSPS) is 17.7. The summed E-state index contributed by atoms with van der Waals surface area (Å²) in [4.78, 5) is 33.9. The zero-order valence-electron chi connectivity index (χ0n) is 12.6. The van der Waals surface area contributed by atoms with Crippen molar-refractivity contribution in [2.45, 2.75) is 25.7 Å². The lowest BCUT2D eigenvalue weighted by Gasteiger charge is -2.16. The molecule has 7 heteroatoms. The summed E-state index contributed by atoms with van der Waals surface area (Å²) in [6.45, 7) is 0.660. The summed E-state index contributed by atoms with van der Waals surface area (Å²) >= 11 is 0. The van der Waals surface area contributed by atoms with Crippen molar-refractivity contribution in [3.63, 3.8) is 0 Å². The summed E-state index contributed by atoms with van der Waals surface area (Å²) in [5.41, 5.74) is 6.00. The Hall–Kier alpha value is -2.70. The summed E-state index contributed by atoms with van der Waals surface area (Å²) in [5, 5.41) is 4.35. The number of carbonyl (C=O) groups is 2. The molecule has 4 rings (SSSR count). The van der Waals surface area contributed by atoms with Crippen LogP contribution in [-0.4, -0.2) is 28.3 Å². The molecule has 1 saturated heterocycles. The topological polar surface area (TPSA) is 101 Å². The number of hydrogen-bond acceptors (Lipinski definition) is 5. The van der Waals surface area contributed by atoms with E-state index in [0.717, 1.165) is 24.6 Å². The Labute approximate surface area is 132 Å². The van der Waals surface area contributed by atoms with E-state index in [0.29, 0.717) is 35.8 Å². The van der Waals surface area contributed by atoms with Crippen LogP contribution in [0.2, 0.25) is 0 Å². The maximum Gasteiger partial charge on any atom is 0.228 e. The van der Waals surface area contributed by atoms with Gasteiger partial charge in [-0.1, -0.05) is 0 Å². The van der Waals surface area contributed by atoms with Gasteiger partial charge in [-0.05, 0) is 36.8 Å². The average molecular weight is 311 g/mol. The van der Waals surface area contributed by atoms with E-state index in [1.165, 1.54) is 0 Å². The molecule has 1 aliphatic carbocycles. The van der Waals surface area contributed by atoms with E-state index in [4.69, 9.17) is 5.73 Å². The van der Waals surface area contributed by atoms with E-state index in [1.807, 2.05) is 6.07 Å². The summed E-state index contributed by atoms with van der Waals surface area (Å²) in [5.74, 6) is 1.58. The minimum Gasteiger partial charge on any atom is -0.383 e. The Bertz CT molecular complexity index is 815. The lowest BCUT2D eigenvalue weighted by atomic mass is 10.2. The minimum absolute atomic E-state index is 0.00817. The van der Waals surface area contributed by atoms with Gasteiger partial charge in [-0.15, -0.1) is 0 Å². The van der Waals surface area contributed by atoms with Crippen LogP contribution in [0.3, 0.4) is 0 Å². The van der Waals surface area contributed by atoms with Gasteiger partial charge in [0.05, 0.1) is 0 Å². The number of nitrogens with zero attached hydrogens (tertiary/aromatic N) is 3. The molecule has 0 atom stereocenters. The summed E-state index contributed by atoms with van der Waals surface area (Å²) in [6.07, 6.45) is 4.86. The highest BCUT2D eigenvalue weighted by molar-refractivity contribution is 6.00. The Morgan fingerprint density at radius 3 is 2.87 bits per heavy atom. The average Bonchev–Trinajstić information content (AvgIpc) is 3.29. The van der Waals surface area contributed by atoms with Gasteiger partial charge in [-0.2, -0.15) is 0 Å². The molecule has 0 aromatic carbocycles. The predicted molar refractivity (Wildman–Crippen MR) is 86.9 cm³/mol. The number of pyridine rings is 2. The van der Waals surface area contributed by atoms with Gasteiger partial charge in [0.2, 0.25) is 11.8 Å². The summed E-state index contributed by atoms with van der Waals surface area (Å²) < 4.78 is 0. The van der Waals surface area contributed by atoms with E-state index in [2.05, 4.69) is 15.3 Å². The van der Waals surface area contributed by atoms with Crippen molar-refractivity contribution in [2.75, 3.05) is 22.5 Å². The number of amides is 2. The molecule has 3 heterocycles. The second-order valence-corrected chi connectivity index (χ2v) is 6.07. The fraction of sp³-hybridized carbons (Fsp3) is 0.375. The van der Waals surface area contributed by atoms with Crippen molar-refractivity contribution in [2.24, 2.45) is 5.92 Å². The molecule has 23 heavy (non-hydrogen) atoms. The number of nitrogen functional groups attached to an aromatic ring is 1. The van der Waals surface area contributed by atoms with Gasteiger partial charge < -0.3 is 11.1 Å². The Morgan fingerprint density at radius 2 is 2.17 bits per heavy atom. The molecule has 2 aliphatic rings. The molecule has 1 aliphatic heterocycles. The van der Waals surface area contributed by atoms with E-state index in [-0.39, 0.29) is 17.7 Å². The molecule has 2 aromatic rings. The van der Waals surface area contributed by atoms with Gasteiger partial charge in [0.15, 0.2) is 0 Å². The van der Waals surface area contributed by atoms with Crippen molar-refractivity contribution < 1.29 is 9.59 Å². The van der Waals surface area contributed by atoms with Crippen molar-refractivity contribution in [1.82, 2.24) is 9.97 Å². The minimum atomic E-state index is 0.00817. The van der Waals surface area contributed by atoms with Gasteiger partial charge in [0.25, 0.3) is 0 Å². The second-order valence-electron chi connectivity index (χ2n) is 6.07. The molecule has 7 nitrogen and oxygen atoms in total. The van der Waals surface area contributed by atoms with E-state index >= 15 is 0 Å². The van der Waals surface area contributed by atoms with Crippen molar-refractivity contribution in [3.8, 4) is 0 Å². The van der Waals surface area contributed by atoms with Crippen LogP contribution in [-0.2, 0) is 9.59 Å². The van der Waals surface area contributed by atoms with Gasteiger partial charge in [0, 0.05) is 30.5 Å². The third kappa shape index (κ3) is 2.58. The van der Waals surface area contributed by atoms with Gasteiger partial charge in [-0.3, -0.25) is 14.5 Å². The first-order chi connectivity index (χ1) is 11.1. The molecule has 0 bridgehead atoms. The molecular weight excluding hydrogens is 294 g/mol. The first kappa shape index (κ1) is 13.9. The van der Waals surface area contributed by atoms with Crippen LogP contribution in [0.5, 0.6) is 0 Å². The zero-order valence-corrected chi connectivity index (χ0v) is 12.6. The number of aromatic nitrogens is 2. The predicted octanol–water partition coefficient (Wildman–Crippen LogP) is 1.69. The fourth-order valence-electron chi connectivity index (χ4n) is 2.83. The van der Waals surface area contributed by atoms with Gasteiger partial charge in [-0.25, -0.2) is 9.97 Å². The van der Waals surface area contributed by atoms with Crippen LogP contribution < -0.4 is 16.0 Å². The molecule has 0 spiro atoms. The Morgan fingerprint density at radius 1 is 1.35 bits per heavy atom. The molecule has 3 N–H and O–H groups in total. The number of hydrogen-bond donors (Lipinski definition) is 2. The van der Waals surface area contributed by atoms with E-state index in [9.17, 15) is 9.59 Å². The summed E-state index contributed by atoms with van der Waals surface area (Å²) in [7, 11) is 0. The number of nitrogens with two attached hydrogens (primary N) is 1. The van der Waals surface area contributed by atoms with E-state index < -0.39 is 0 Å². The second kappa shape index (κ2) is 5.19. The third-order valence-corrected chi connectivity index (χ3v) is 4.28. The number of carbonyl (C=O) groups excluding carboxylic acids is 2. The van der Waals surface area contributed by atoms with Crippen molar-refractivity contribution >= 4 is 40.0 Å². The van der Waals surface area contributed by atoms with Gasteiger partial charge >= 0.3 is 0 Å². The molecular formula is C16H17N5O2. The molecule has 0 unspecified atom stereocenters. The van der Waals surface area contributed by atoms with Crippen molar-refractivity contribution in [1.29, 1.82) is 0 Å². The molecule has 0 radical (unpaired) electrons. The number of anilines is 3. The molecule has 118 valence electrons. The number of nitrogens with one attached hydrogen (secondary N) is 1. The van der Waals surface area contributed by atoms with Crippen LogP contribution >= 0.6 is 0 Å². The maximum atomic E-state index is 11.9. The SMILES string of the molecule is Nc1nc(N2CCCC2=O)cc2cc(NC(=O)C3CC3)ncc12. The summed E-state index contributed by atoms with van der Waals surface area (Å²) in [6, 6.07) is 3.60. The highest BCUT2D eigenvalue weighted by atomic mass is 16.2. The molecule has 2 aromatic heterocycles. The van der Waals surface area contributed by atoms with Crippen LogP contribution in [0.25, 0.3) is 10.8 Å². The van der Waals surface area contributed by atoms with Crippen molar-refractivity contribution in [3.05, 3.63) is 18.3 Å². The van der Waals surface area contributed by atoms with Crippen LogP contribution in [0.4, 0.5) is 17.5 Å². The largest absolute Gasteiger partial charge is 0.383 e. The van der Waals surface area contributed by atoms with Crippen LogP contribution in [0.1, 0.15) is 25.7 Å². The standard InChI is InChI=1S/C16H17N5O2/c17-15-11-8-18-12(19-16(23)9-3-4-9)6-10(11)7-13(20-15)21-5-1-2-14(21)22/h6-9H,1-5H2,(H2,17,20)(H,18,19,23). The Balaban J connectivity index is 1.70. The van der Waals surface area contributed by atoms with Crippen LogP contribution in [0, 0.1) is 5.92 Å². The number of fused-ring (bicyclic) bond motifs is 1. The lowest BCUT2D eigenvalue weighted by molar-refractivity contribution is -0.118. The highest BCUT2D eigenvalue weighted by Gasteiger charge is 2.30.